The van der Waals surface area contributed by atoms with Gasteiger partial charge in [-0.3, -0.25) is 0 Å². The van der Waals surface area contributed by atoms with Gasteiger partial charge in [0, 0.05) is 12.1 Å². The van der Waals surface area contributed by atoms with Crippen molar-refractivity contribution in [2.45, 2.75) is 52.1 Å². The summed E-state index contributed by atoms with van der Waals surface area (Å²) in [5.74, 6) is 1.74. The third kappa shape index (κ3) is 2.86. The summed E-state index contributed by atoms with van der Waals surface area (Å²) in [7, 11) is 0. The molecule has 1 aromatic heterocycles. The molecule has 90 valence electrons. The average molecular weight is 237 g/mol. The SMILES string of the molecule is CC1CCC(NC(C)c2ccsc2)C(C)C1. The fraction of sp³-hybridized carbons (Fsp3) is 0.714. The zero-order valence-corrected chi connectivity index (χ0v) is 11.4. The van der Waals surface area contributed by atoms with E-state index in [-0.39, 0.29) is 0 Å². The van der Waals surface area contributed by atoms with Crippen molar-refractivity contribution < 1.29 is 0 Å². The first kappa shape index (κ1) is 12.1. The van der Waals surface area contributed by atoms with E-state index in [0.29, 0.717) is 12.1 Å². The van der Waals surface area contributed by atoms with Gasteiger partial charge in [-0.05, 0) is 60.4 Å². The van der Waals surface area contributed by atoms with Gasteiger partial charge < -0.3 is 5.32 Å². The van der Waals surface area contributed by atoms with E-state index in [1.54, 1.807) is 11.3 Å². The third-order valence-electron chi connectivity index (χ3n) is 3.94. The van der Waals surface area contributed by atoms with Crippen LogP contribution in [0.25, 0.3) is 0 Å². The first-order valence-corrected chi connectivity index (χ1v) is 7.39. The molecule has 0 amide bonds. The second-order valence-corrected chi connectivity index (χ2v) is 6.23. The highest BCUT2D eigenvalue weighted by Gasteiger charge is 2.26. The zero-order valence-electron chi connectivity index (χ0n) is 10.6. The minimum absolute atomic E-state index is 0.507. The first-order valence-electron chi connectivity index (χ1n) is 6.45. The average Bonchev–Trinajstić information content (AvgIpc) is 2.75. The van der Waals surface area contributed by atoms with Crippen LogP contribution in [0.1, 0.15) is 51.6 Å². The van der Waals surface area contributed by atoms with Crippen molar-refractivity contribution in [2.75, 3.05) is 0 Å². The monoisotopic (exact) mass is 237 g/mol. The molecule has 1 fully saturated rings. The third-order valence-corrected chi connectivity index (χ3v) is 4.64. The highest BCUT2D eigenvalue weighted by atomic mass is 32.1. The summed E-state index contributed by atoms with van der Waals surface area (Å²) >= 11 is 1.79. The molecule has 1 N–H and O–H groups in total. The summed E-state index contributed by atoms with van der Waals surface area (Å²) in [6.45, 7) is 7.06. The van der Waals surface area contributed by atoms with Crippen LogP contribution in [-0.2, 0) is 0 Å². The van der Waals surface area contributed by atoms with Crippen LogP contribution < -0.4 is 5.32 Å². The molecule has 4 unspecified atom stereocenters. The lowest BCUT2D eigenvalue weighted by atomic mass is 9.79. The van der Waals surface area contributed by atoms with Crippen LogP contribution in [0.2, 0.25) is 0 Å². The Hall–Kier alpha value is -0.340. The van der Waals surface area contributed by atoms with Crippen molar-refractivity contribution >= 4 is 11.3 Å². The zero-order chi connectivity index (χ0) is 11.5. The Morgan fingerprint density at radius 3 is 2.81 bits per heavy atom. The van der Waals surface area contributed by atoms with Crippen LogP contribution in [0.5, 0.6) is 0 Å². The predicted molar refractivity (Wildman–Crippen MR) is 71.8 cm³/mol. The molecule has 4 atom stereocenters. The van der Waals surface area contributed by atoms with Gasteiger partial charge in [0.1, 0.15) is 0 Å². The Labute approximate surface area is 103 Å². The number of nitrogens with one attached hydrogen (secondary N) is 1. The van der Waals surface area contributed by atoms with Crippen LogP contribution in [0.15, 0.2) is 16.8 Å². The minimum atomic E-state index is 0.507. The maximum absolute atomic E-state index is 3.80. The molecule has 0 bridgehead atoms. The van der Waals surface area contributed by atoms with E-state index in [1.807, 2.05) is 0 Å². The molecule has 0 saturated heterocycles. The van der Waals surface area contributed by atoms with Crippen LogP contribution in [0, 0.1) is 11.8 Å². The summed E-state index contributed by atoms with van der Waals surface area (Å²) < 4.78 is 0. The van der Waals surface area contributed by atoms with Gasteiger partial charge in [0.15, 0.2) is 0 Å². The van der Waals surface area contributed by atoms with Crippen molar-refractivity contribution in [2.24, 2.45) is 11.8 Å². The fourth-order valence-corrected chi connectivity index (χ4v) is 3.61. The minimum Gasteiger partial charge on any atom is -0.307 e. The highest BCUT2D eigenvalue weighted by molar-refractivity contribution is 7.07. The lowest BCUT2D eigenvalue weighted by molar-refractivity contribution is 0.216. The Morgan fingerprint density at radius 2 is 2.19 bits per heavy atom. The molecule has 1 saturated carbocycles. The largest absolute Gasteiger partial charge is 0.307 e. The predicted octanol–water partition coefficient (Wildman–Crippen LogP) is 4.22. The van der Waals surface area contributed by atoms with Gasteiger partial charge in [0.05, 0.1) is 0 Å². The van der Waals surface area contributed by atoms with Crippen LogP contribution in [0.4, 0.5) is 0 Å². The van der Waals surface area contributed by atoms with E-state index in [0.717, 1.165) is 11.8 Å². The Bertz CT molecular complexity index is 307. The second kappa shape index (κ2) is 5.33. The number of hydrogen-bond donors (Lipinski definition) is 1. The molecular weight excluding hydrogens is 214 g/mol. The van der Waals surface area contributed by atoms with E-state index in [1.165, 1.54) is 24.8 Å². The molecule has 0 aromatic carbocycles. The van der Waals surface area contributed by atoms with Crippen molar-refractivity contribution in [3.63, 3.8) is 0 Å². The number of thiophene rings is 1. The summed E-state index contributed by atoms with van der Waals surface area (Å²) in [5, 5.41) is 8.22. The van der Waals surface area contributed by atoms with Gasteiger partial charge in [-0.1, -0.05) is 13.8 Å². The summed E-state index contributed by atoms with van der Waals surface area (Å²) in [6.07, 6.45) is 4.11. The smallest absolute Gasteiger partial charge is 0.0302 e. The molecule has 2 rings (SSSR count). The van der Waals surface area contributed by atoms with Gasteiger partial charge in [0.2, 0.25) is 0 Å². The van der Waals surface area contributed by atoms with Crippen LogP contribution >= 0.6 is 11.3 Å². The maximum atomic E-state index is 3.80. The van der Waals surface area contributed by atoms with E-state index in [4.69, 9.17) is 0 Å². The number of hydrogen-bond acceptors (Lipinski definition) is 2. The summed E-state index contributed by atoms with van der Waals surface area (Å²) in [4.78, 5) is 0. The first-order chi connectivity index (χ1) is 7.66. The molecule has 0 radical (unpaired) electrons. The van der Waals surface area contributed by atoms with Crippen LogP contribution in [-0.4, -0.2) is 6.04 Å². The van der Waals surface area contributed by atoms with Gasteiger partial charge >= 0.3 is 0 Å². The van der Waals surface area contributed by atoms with Gasteiger partial charge in [-0.2, -0.15) is 11.3 Å². The Kier molecular flexibility index (Phi) is 4.04. The highest BCUT2D eigenvalue weighted by Crippen LogP contribution is 2.30. The van der Waals surface area contributed by atoms with E-state index >= 15 is 0 Å². The van der Waals surface area contributed by atoms with Crippen molar-refractivity contribution in [3.8, 4) is 0 Å². The standard InChI is InChI=1S/C14H23NS/c1-10-4-5-14(11(2)8-10)15-12(3)13-6-7-16-9-13/h6-7,9-12,14-15H,4-5,8H2,1-3H3. The van der Waals surface area contributed by atoms with E-state index in [9.17, 15) is 0 Å². The molecule has 0 aliphatic heterocycles. The lowest BCUT2D eigenvalue weighted by Crippen LogP contribution is -2.40. The summed E-state index contributed by atoms with van der Waals surface area (Å²) in [6, 6.07) is 3.46. The van der Waals surface area contributed by atoms with Gasteiger partial charge in [0.25, 0.3) is 0 Å². The molecule has 16 heavy (non-hydrogen) atoms. The maximum Gasteiger partial charge on any atom is 0.0302 e. The topological polar surface area (TPSA) is 12.0 Å². The van der Waals surface area contributed by atoms with Crippen LogP contribution in [0.3, 0.4) is 0 Å². The quantitative estimate of drug-likeness (QED) is 0.830. The van der Waals surface area contributed by atoms with Gasteiger partial charge in [-0.25, -0.2) is 0 Å². The molecule has 1 aromatic rings. The van der Waals surface area contributed by atoms with E-state index < -0.39 is 0 Å². The van der Waals surface area contributed by atoms with Crippen molar-refractivity contribution in [1.82, 2.24) is 5.32 Å². The molecule has 2 heteroatoms. The Morgan fingerprint density at radius 1 is 1.38 bits per heavy atom. The molecule has 1 heterocycles. The number of rotatable bonds is 3. The molecule has 1 aliphatic carbocycles. The second-order valence-electron chi connectivity index (χ2n) is 5.45. The summed E-state index contributed by atoms with van der Waals surface area (Å²) in [5.41, 5.74) is 1.44. The Balaban J connectivity index is 1.89. The van der Waals surface area contributed by atoms with Gasteiger partial charge in [-0.15, -0.1) is 0 Å². The van der Waals surface area contributed by atoms with Crippen molar-refractivity contribution in [1.29, 1.82) is 0 Å². The normalized spacial score (nSPS) is 32.6. The van der Waals surface area contributed by atoms with E-state index in [2.05, 4.69) is 42.9 Å². The molecule has 0 spiro atoms. The molecular formula is C14H23NS. The lowest BCUT2D eigenvalue weighted by Gasteiger charge is -2.35. The van der Waals surface area contributed by atoms with Crippen molar-refractivity contribution in [3.05, 3.63) is 22.4 Å². The molecule has 1 nitrogen and oxygen atoms in total. The molecule has 1 aliphatic rings. The fourth-order valence-electron chi connectivity index (χ4n) is 2.85.